The van der Waals surface area contributed by atoms with Gasteiger partial charge in [0, 0.05) is 55.3 Å². The van der Waals surface area contributed by atoms with E-state index in [-0.39, 0.29) is 29.2 Å². The van der Waals surface area contributed by atoms with Crippen LogP contribution in [0.25, 0.3) is 10.9 Å². The molecule has 15 heteroatoms. The molecular weight excluding hydrogens is 619 g/mol. The predicted octanol–water partition coefficient (Wildman–Crippen LogP) is 2.52. The zero-order valence-electron chi connectivity index (χ0n) is 23.6. The second-order valence-corrected chi connectivity index (χ2v) is 17.3. The number of nitrogens with one attached hydrogen (secondary N) is 1. The molecule has 2 aromatic heterocycles. The summed E-state index contributed by atoms with van der Waals surface area (Å²) >= 11 is 0.976. The SMILES string of the molecule is CCN(c1cc(OCCCS(C)(=O)=O)cc2cc(C3=NCC(CN4CC[S+]([O-])CC4)S3)[nH]c12)S(=O)(=O)c1ccccn1. The van der Waals surface area contributed by atoms with Gasteiger partial charge in [-0.2, -0.15) is 8.42 Å². The first kappa shape index (κ1) is 31.1. The summed E-state index contributed by atoms with van der Waals surface area (Å²) < 4.78 is 69.4. The third kappa shape index (κ3) is 7.42. The minimum Gasteiger partial charge on any atom is -0.616 e. The molecule has 228 valence electrons. The van der Waals surface area contributed by atoms with Crippen molar-refractivity contribution in [3.05, 3.63) is 48.3 Å². The van der Waals surface area contributed by atoms with Gasteiger partial charge in [-0.05, 0) is 37.6 Å². The minimum absolute atomic E-state index is 0.000947. The number of pyridine rings is 1. The van der Waals surface area contributed by atoms with Crippen LogP contribution in [0.5, 0.6) is 5.75 Å². The molecule has 0 amide bonds. The smallest absolute Gasteiger partial charge is 0.281 e. The standard InChI is InChI=1S/C27H35N5O6S4/c1-3-32(42(36,37)25-7-4-5-8-28-25)24-17-21(38-11-6-14-41(2,34)35)15-20-16-23(30-26(20)24)27-29-18-22(39-27)19-31-9-12-40(33)13-10-31/h4-5,7-8,15-17,22,30H,3,6,9-14,18-19H2,1-2H3. The Morgan fingerprint density at radius 2 is 1.98 bits per heavy atom. The number of aliphatic imine (C=N–C) groups is 1. The second kappa shape index (κ2) is 13.1. The number of benzene rings is 1. The summed E-state index contributed by atoms with van der Waals surface area (Å²) in [7, 11) is -7.11. The Morgan fingerprint density at radius 3 is 2.67 bits per heavy atom. The normalized spacial score (nSPS) is 18.8. The Morgan fingerprint density at radius 1 is 1.19 bits per heavy atom. The lowest BCUT2D eigenvalue weighted by atomic mass is 10.2. The first-order valence-corrected chi connectivity index (χ1v) is 19.6. The number of rotatable bonds is 12. The topological polar surface area (TPSA) is 148 Å². The number of hydrogen-bond acceptors (Lipinski definition) is 10. The van der Waals surface area contributed by atoms with E-state index in [1.54, 1.807) is 36.9 Å². The van der Waals surface area contributed by atoms with E-state index in [0.29, 0.717) is 41.4 Å². The number of ether oxygens (including phenoxy) is 1. The summed E-state index contributed by atoms with van der Waals surface area (Å²) in [5, 5.41) is 1.82. The van der Waals surface area contributed by atoms with Gasteiger partial charge in [0.05, 0.1) is 35.8 Å². The molecule has 11 nitrogen and oxygen atoms in total. The number of aromatic nitrogens is 2. The van der Waals surface area contributed by atoms with Crippen LogP contribution in [0.4, 0.5) is 5.69 Å². The molecule has 0 saturated carbocycles. The van der Waals surface area contributed by atoms with Crippen LogP contribution in [-0.4, -0.2) is 109 Å². The van der Waals surface area contributed by atoms with Crippen molar-refractivity contribution in [2.45, 2.75) is 23.6 Å². The third-order valence-electron chi connectivity index (χ3n) is 7.04. The van der Waals surface area contributed by atoms with Crippen LogP contribution in [0, 0.1) is 0 Å². The molecule has 0 aliphatic carbocycles. The van der Waals surface area contributed by atoms with Gasteiger partial charge in [0.25, 0.3) is 10.0 Å². The number of sulfonamides is 1. The highest BCUT2D eigenvalue weighted by Gasteiger charge is 2.30. The molecule has 0 radical (unpaired) electrons. The summed E-state index contributed by atoms with van der Waals surface area (Å²) in [5.41, 5.74) is 1.82. The highest BCUT2D eigenvalue weighted by molar-refractivity contribution is 8.15. The van der Waals surface area contributed by atoms with Gasteiger partial charge in [0.2, 0.25) is 0 Å². The number of thioether (sulfide) groups is 1. The van der Waals surface area contributed by atoms with Crippen molar-refractivity contribution in [2.24, 2.45) is 4.99 Å². The van der Waals surface area contributed by atoms with Crippen LogP contribution >= 0.6 is 11.8 Å². The highest BCUT2D eigenvalue weighted by Crippen LogP contribution is 2.37. The number of aromatic amines is 1. The quantitative estimate of drug-likeness (QED) is 0.230. The molecule has 1 atom stereocenters. The lowest BCUT2D eigenvalue weighted by Crippen LogP contribution is -2.43. The number of anilines is 1. The van der Waals surface area contributed by atoms with Crippen molar-refractivity contribution in [3.63, 3.8) is 0 Å². The van der Waals surface area contributed by atoms with Gasteiger partial charge in [-0.3, -0.25) is 14.2 Å². The number of H-pyrrole nitrogens is 1. The fraction of sp³-hybridized carbons (Fsp3) is 0.481. The number of sulfone groups is 1. The van der Waals surface area contributed by atoms with E-state index in [1.165, 1.54) is 22.8 Å². The molecule has 0 spiro atoms. The maximum Gasteiger partial charge on any atom is 0.281 e. The van der Waals surface area contributed by atoms with Crippen LogP contribution in [-0.2, 0) is 31.0 Å². The van der Waals surface area contributed by atoms with Gasteiger partial charge >= 0.3 is 0 Å². The molecule has 2 aliphatic heterocycles. The predicted molar refractivity (Wildman–Crippen MR) is 170 cm³/mol. The van der Waals surface area contributed by atoms with Crippen LogP contribution in [0.1, 0.15) is 19.0 Å². The third-order valence-corrected chi connectivity index (χ3v) is 12.4. The van der Waals surface area contributed by atoms with Crippen molar-refractivity contribution in [2.75, 3.05) is 67.2 Å². The molecule has 5 rings (SSSR count). The van der Waals surface area contributed by atoms with Crippen molar-refractivity contribution in [1.29, 1.82) is 0 Å². The largest absolute Gasteiger partial charge is 0.616 e. The summed E-state index contributed by atoms with van der Waals surface area (Å²) in [5.74, 6) is 1.86. The summed E-state index contributed by atoms with van der Waals surface area (Å²) in [6.45, 7) is 5.29. The zero-order chi connectivity index (χ0) is 29.9. The Bertz CT molecular complexity index is 1640. The van der Waals surface area contributed by atoms with Gasteiger partial charge in [-0.1, -0.05) is 29.0 Å². The summed E-state index contributed by atoms with van der Waals surface area (Å²) in [6.07, 6.45) is 2.94. The maximum atomic E-state index is 13.7. The molecule has 1 unspecified atom stereocenters. The van der Waals surface area contributed by atoms with Gasteiger partial charge in [0.15, 0.2) is 5.03 Å². The fourth-order valence-corrected chi connectivity index (χ4v) is 9.31. The second-order valence-electron chi connectivity index (χ2n) is 10.3. The Labute approximate surface area is 254 Å². The van der Waals surface area contributed by atoms with Crippen LogP contribution in [0.15, 0.2) is 52.6 Å². The molecule has 4 heterocycles. The molecule has 1 N–H and O–H groups in total. The van der Waals surface area contributed by atoms with E-state index in [0.717, 1.165) is 35.8 Å². The maximum absolute atomic E-state index is 13.7. The zero-order valence-corrected chi connectivity index (χ0v) is 26.8. The van der Waals surface area contributed by atoms with E-state index in [9.17, 15) is 21.4 Å². The van der Waals surface area contributed by atoms with Gasteiger partial charge in [0.1, 0.15) is 32.1 Å². The van der Waals surface area contributed by atoms with E-state index < -0.39 is 31.0 Å². The summed E-state index contributed by atoms with van der Waals surface area (Å²) in [6, 6.07) is 10.2. The molecule has 2 aliphatic rings. The Balaban J connectivity index is 1.44. The molecule has 1 fully saturated rings. The molecule has 42 heavy (non-hydrogen) atoms. The van der Waals surface area contributed by atoms with Gasteiger partial charge in [-0.15, -0.1) is 0 Å². The molecular formula is C27H35N5O6S4. The van der Waals surface area contributed by atoms with E-state index >= 15 is 0 Å². The minimum atomic E-state index is -3.99. The lowest BCUT2D eigenvalue weighted by molar-refractivity contribution is 0.298. The van der Waals surface area contributed by atoms with Crippen molar-refractivity contribution in [1.82, 2.24) is 14.9 Å². The van der Waals surface area contributed by atoms with Crippen LogP contribution < -0.4 is 9.04 Å². The average Bonchev–Trinajstić information content (AvgIpc) is 3.60. The number of fused-ring (bicyclic) bond motifs is 1. The van der Waals surface area contributed by atoms with Crippen LogP contribution in [0.3, 0.4) is 0 Å². The lowest BCUT2D eigenvalue weighted by Gasteiger charge is -2.29. The Hall–Kier alpha value is -2.30. The van der Waals surface area contributed by atoms with Gasteiger partial charge < -0.3 is 14.3 Å². The van der Waals surface area contributed by atoms with E-state index in [1.807, 2.05) is 12.1 Å². The highest BCUT2D eigenvalue weighted by atomic mass is 32.2. The average molecular weight is 654 g/mol. The van der Waals surface area contributed by atoms with Crippen LogP contribution in [0.2, 0.25) is 0 Å². The van der Waals surface area contributed by atoms with E-state index in [2.05, 4.69) is 14.9 Å². The van der Waals surface area contributed by atoms with E-state index in [4.69, 9.17) is 9.73 Å². The number of hydrogen-bond donors (Lipinski definition) is 1. The first-order valence-electron chi connectivity index (χ1n) is 13.7. The van der Waals surface area contributed by atoms with Crippen molar-refractivity contribution >= 4 is 64.4 Å². The van der Waals surface area contributed by atoms with Gasteiger partial charge in [-0.25, -0.2) is 13.4 Å². The first-order chi connectivity index (χ1) is 20.0. The summed E-state index contributed by atoms with van der Waals surface area (Å²) in [4.78, 5) is 14.6. The Kier molecular flexibility index (Phi) is 9.74. The monoisotopic (exact) mass is 653 g/mol. The fourth-order valence-electron chi connectivity index (χ4n) is 4.99. The molecule has 0 bridgehead atoms. The number of nitrogens with zero attached hydrogens (tertiary/aromatic N) is 4. The molecule has 1 aromatic carbocycles. The van der Waals surface area contributed by atoms with Crippen molar-refractivity contribution in [3.8, 4) is 5.75 Å². The molecule has 3 aromatic rings. The van der Waals surface area contributed by atoms with Crippen molar-refractivity contribution < 1.29 is 26.1 Å². The molecule has 1 saturated heterocycles.